The predicted octanol–water partition coefficient (Wildman–Crippen LogP) is 2.26. The van der Waals surface area contributed by atoms with Crippen LogP contribution >= 0.6 is 11.8 Å². The highest BCUT2D eigenvalue weighted by atomic mass is 32.2. The van der Waals surface area contributed by atoms with Gasteiger partial charge >= 0.3 is 0 Å². The third-order valence-corrected chi connectivity index (χ3v) is 3.87. The maximum Gasteiger partial charge on any atom is 0.125 e. The smallest absolute Gasteiger partial charge is 0.125 e. The zero-order valence-electron chi connectivity index (χ0n) is 9.32. The van der Waals surface area contributed by atoms with Crippen molar-refractivity contribution < 1.29 is 9.50 Å². The average molecular weight is 241 g/mol. The van der Waals surface area contributed by atoms with Gasteiger partial charge in [-0.1, -0.05) is 6.92 Å². The molecule has 2 rings (SSSR count). The summed E-state index contributed by atoms with van der Waals surface area (Å²) >= 11 is 1.95. The molecule has 1 saturated heterocycles. The molecule has 0 amide bonds. The van der Waals surface area contributed by atoms with Gasteiger partial charge in [-0.05, 0) is 23.8 Å². The number of thioether (sulfide) groups is 1. The Bertz CT molecular complexity index is 372. The summed E-state index contributed by atoms with van der Waals surface area (Å²) in [4.78, 5) is 2.18. The Balaban J connectivity index is 2.21. The minimum absolute atomic E-state index is 0.108. The van der Waals surface area contributed by atoms with Crippen LogP contribution in [-0.4, -0.2) is 29.2 Å². The van der Waals surface area contributed by atoms with Crippen molar-refractivity contribution in [2.45, 2.75) is 18.8 Å². The zero-order chi connectivity index (χ0) is 11.5. The lowest BCUT2D eigenvalue weighted by molar-refractivity contribution is 0.281. The van der Waals surface area contributed by atoms with Crippen LogP contribution in [0.25, 0.3) is 0 Å². The number of hydrogen-bond donors (Lipinski definition) is 1. The molecule has 16 heavy (non-hydrogen) atoms. The van der Waals surface area contributed by atoms with E-state index >= 15 is 0 Å². The number of halogens is 1. The van der Waals surface area contributed by atoms with Crippen molar-refractivity contribution >= 4 is 17.4 Å². The number of aliphatic hydroxyl groups excluding tert-OH is 1. The lowest BCUT2D eigenvalue weighted by Gasteiger charge is -2.32. The van der Waals surface area contributed by atoms with Crippen LogP contribution in [0.1, 0.15) is 12.5 Å². The SMILES string of the molecule is CC1CN(c2cc(F)cc(CO)c2)CCS1. The molecule has 0 radical (unpaired) electrons. The van der Waals surface area contributed by atoms with Crippen molar-refractivity contribution in [1.82, 2.24) is 0 Å². The van der Waals surface area contributed by atoms with Gasteiger partial charge in [0, 0.05) is 29.8 Å². The Morgan fingerprint density at radius 1 is 1.50 bits per heavy atom. The van der Waals surface area contributed by atoms with E-state index in [2.05, 4.69) is 11.8 Å². The van der Waals surface area contributed by atoms with Crippen molar-refractivity contribution in [3.63, 3.8) is 0 Å². The quantitative estimate of drug-likeness (QED) is 0.859. The van der Waals surface area contributed by atoms with Crippen molar-refractivity contribution in [1.29, 1.82) is 0 Å². The molecule has 1 aliphatic heterocycles. The molecular formula is C12H16FNOS. The van der Waals surface area contributed by atoms with E-state index in [0.717, 1.165) is 24.5 Å². The Hall–Kier alpha value is -0.740. The van der Waals surface area contributed by atoms with Crippen LogP contribution in [0.3, 0.4) is 0 Å². The Morgan fingerprint density at radius 3 is 3.00 bits per heavy atom. The highest BCUT2D eigenvalue weighted by Gasteiger charge is 2.17. The van der Waals surface area contributed by atoms with Crippen LogP contribution in [0.15, 0.2) is 18.2 Å². The van der Waals surface area contributed by atoms with E-state index in [1.807, 2.05) is 17.8 Å². The fourth-order valence-corrected chi connectivity index (χ4v) is 2.97. The fraction of sp³-hybridized carbons (Fsp3) is 0.500. The van der Waals surface area contributed by atoms with Crippen LogP contribution in [0.4, 0.5) is 10.1 Å². The molecule has 0 aliphatic carbocycles. The standard InChI is InChI=1S/C12H16FNOS/c1-9-7-14(2-3-16-9)12-5-10(8-15)4-11(13)6-12/h4-6,9,15H,2-3,7-8H2,1H3. The van der Waals surface area contributed by atoms with Gasteiger partial charge in [0.1, 0.15) is 5.82 Å². The monoisotopic (exact) mass is 241 g/mol. The minimum Gasteiger partial charge on any atom is -0.392 e. The largest absolute Gasteiger partial charge is 0.392 e. The molecule has 1 aliphatic rings. The van der Waals surface area contributed by atoms with Crippen LogP contribution in [0.5, 0.6) is 0 Å². The molecule has 0 bridgehead atoms. The number of benzene rings is 1. The molecule has 1 fully saturated rings. The number of hydrogen-bond acceptors (Lipinski definition) is 3. The first-order valence-electron chi connectivity index (χ1n) is 5.46. The van der Waals surface area contributed by atoms with E-state index < -0.39 is 0 Å². The average Bonchev–Trinajstić information content (AvgIpc) is 2.28. The van der Waals surface area contributed by atoms with Crippen molar-refractivity contribution in [2.75, 3.05) is 23.7 Å². The summed E-state index contributed by atoms with van der Waals surface area (Å²) in [6.07, 6.45) is 0. The molecule has 0 spiro atoms. The lowest BCUT2D eigenvalue weighted by atomic mass is 10.2. The van der Waals surface area contributed by atoms with Crippen LogP contribution < -0.4 is 4.90 Å². The van der Waals surface area contributed by atoms with Gasteiger partial charge < -0.3 is 10.0 Å². The molecule has 1 heterocycles. The third kappa shape index (κ3) is 2.68. The van der Waals surface area contributed by atoms with Crippen LogP contribution in [-0.2, 0) is 6.61 Å². The Morgan fingerprint density at radius 2 is 2.31 bits per heavy atom. The number of rotatable bonds is 2. The molecule has 4 heteroatoms. The van der Waals surface area contributed by atoms with Gasteiger partial charge in [0.15, 0.2) is 0 Å². The summed E-state index contributed by atoms with van der Waals surface area (Å²) < 4.78 is 13.3. The molecule has 1 N–H and O–H groups in total. The first-order chi connectivity index (χ1) is 7.69. The first kappa shape index (κ1) is 11.7. The van der Waals surface area contributed by atoms with E-state index in [4.69, 9.17) is 5.11 Å². The molecule has 88 valence electrons. The molecule has 1 unspecified atom stereocenters. The second-order valence-corrected chi connectivity index (χ2v) is 5.65. The van der Waals surface area contributed by atoms with Gasteiger partial charge in [0.25, 0.3) is 0 Å². The van der Waals surface area contributed by atoms with Gasteiger partial charge in [0.05, 0.1) is 6.61 Å². The predicted molar refractivity (Wildman–Crippen MR) is 66.5 cm³/mol. The van der Waals surface area contributed by atoms with Crippen molar-refractivity contribution in [3.8, 4) is 0 Å². The summed E-state index contributed by atoms with van der Waals surface area (Å²) in [6, 6.07) is 4.79. The molecule has 2 nitrogen and oxygen atoms in total. The van der Waals surface area contributed by atoms with Crippen LogP contribution in [0.2, 0.25) is 0 Å². The summed E-state index contributed by atoms with van der Waals surface area (Å²) in [7, 11) is 0. The topological polar surface area (TPSA) is 23.5 Å². The van der Waals surface area contributed by atoms with Gasteiger partial charge in [-0.15, -0.1) is 0 Å². The summed E-state index contributed by atoms with van der Waals surface area (Å²) in [5.41, 5.74) is 1.53. The van der Waals surface area contributed by atoms with Gasteiger partial charge in [-0.3, -0.25) is 0 Å². The third-order valence-electron chi connectivity index (χ3n) is 2.73. The molecule has 0 saturated carbocycles. The van der Waals surface area contributed by atoms with E-state index in [1.165, 1.54) is 6.07 Å². The number of aliphatic hydroxyl groups is 1. The number of nitrogens with zero attached hydrogens (tertiary/aromatic N) is 1. The zero-order valence-corrected chi connectivity index (χ0v) is 10.1. The van der Waals surface area contributed by atoms with Gasteiger partial charge in [-0.2, -0.15) is 11.8 Å². The van der Waals surface area contributed by atoms with E-state index in [0.29, 0.717) is 10.8 Å². The maximum atomic E-state index is 13.3. The second-order valence-electron chi connectivity index (χ2n) is 4.10. The Labute approximate surface area is 99.5 Å². The fourth-order valence-electron chi connectivity index (χ4n) is 1.96. The first-order valence-corrected chi connectivity index (χ1v) is 6.51. The van der Waals surface area contributed by atoms with Gasteiger partial charge in [0.2, 0.25) is 0 Å². The maximum absolute atomic E-state index is 13.3. The number of anilines is 1. The molecule has 1 aromatic carbocycles. The summed E-state index contributed by atoms with van der Waals surface area (Å²) in [6.45, 7) is 3.97. The highest BCUT2D eigenvalue weighted by molar-refractivity contribution is 8.00. The normalized spacial score (nSPS) is 21.2. The lowest BCUT2D eigenvalue weighted by Crippen LogP contribution is -2.36. The van der Waals surface area contributed by atoms with Gasteiger partial charge in [-0.25, -0.2) is 4.39 Å². The molecular weight excluding hydrogens is 225 g/mol. The minimum atomic E-state index is -0.271. The van der Waals surface area contributed by atoms with Crippen molar-refractivity contribution in [2.24, 2.45) is 0 Å². The highest BCUT2D eigenvalue weighted by Crippen LogP contribution is 2.25. The van der Waals surface area contributed by atoms with E-state index in [1.54, 1.807) is 6.07 Å². The van der Waals surface area contributed by atoms with Crippen LogP contribution in [0, 0.1) is 5.82 Å². The summed E-state index contributed by atoms with van der Waals surface area (Å²) in [5, 5.41) is 9.63. The Kier molecular flexibility index (Phi) is 3.71. The molecule has 1 aromatic rings. The molecule has 0 aromatic heterocycles. The molecule has 1 atom stereocenters. The van der Waals surface area contributed by atoms with E-state index in [-0.39, 0.29) is 12.4 Å². The summed E-state index contributed by atoms with van der Waals surface area (Å²) in [5.74, 6) is 0.805. The van der Waals surface area contributed by atoms with Crippen molar-refractivity contribution in [3.05, 3.63) is 29.6 Å². The second kappa shape index (κ2) is 5.06. The van der Waals surface area contributed by atoms with E-state index in [9.17, 15) is 4.39 Å².